The van der Waals surface area contributed by atoms with Crippen molar-refractivity contribution in [1.82, 2.24) is 0 Å². The van der Waals surface area contributed by atoms with Gasteiger partial charge in [-0.2, -0.15) is 13.2 Å². The van der Waals surface area contributed by atoms with Crippen molar-refractivity contribution >= 4 is 23.3 Å². The SMILES string of the molecule is CCCCCSC1=CCC(C)=CC=C1C1=Nc2cc(C(F)(F)F)ccc2CCCO1. The minimum absolute atomic E-state index is 0.348. The van der Waals surface area contributed by atoms with E-state index >= 15 is 0 Å². The van der Waals surface area contributed by atoms with Crippen molar-refractivity contribution in [3.05, 3.63) is 63.6 Å². The topological polar surface area (TPSA) is 21.6 Å². The minimum atomic E-state index is -4.39. The molecule has 1 aromatic rings. The fourth-order valence-electron chi connectivity index (χ4n) is 3.35. The van der Waals surface area contributed by atoms with Crippen molar-refractivity contribution in [2.45, 2.75) is 58.5 Å². The summed E-state index contributed by atoms with van der Waals surface area (Å²) in [7, 11) is 0. The van der Waals surface area contributed by atoms with Crippen LogP contribution in [0.2, 0.25) is 0 Å². The van der Waals surface area contributed by atoms with Gasteiger partial charge in [-0.3, -0.25) is 0 Å². The molecule has 0 saturated carbocycles. The molecule has 6 heteroatoms. The summed E-state index contributed by atoms with van der Waals surface area (Å²) in [5, 5.41) is 0. The summed E-state index contributed by atoms with van der Waals surface area (Å²) >= 11 is 1.77. The molecule has 162 valence electrons. The molecule has 0 spiro atoms. The van der Waals surface area contributed by atoms with Crippen LogP contribution in [-0.2, 0) is 17.3 Å². The maximum absolute atomic E-state index is 13.2. The lowest BCUT2D eigenvalue weighted by molar-refractivity contribution is -0.137. The zero-order valence-electron chi connectivity index (χ0n) is 17.5. The molecule has 1 aromatic carbocycles. The molecule has 3 rings (SSSR count). The predicted molar refractivity (Wildman–Crippen MR) is 119 cm³/mol. The Morgan fingerprint density at radius 2 is 2.00 bits per heavy atom. The summed E-state index contributed by atoms with van der Waals surface area (Å²) in [5.74, 6) is 1.41. The van der Waals surface area contributed by atoms with Crippen LogP contribution in [0.4, 0.5) is 18.9 Å². The van der Waals surface area contributed by atoms with E-state index in [-0.39, 0.29) is 0 Å². The number of hydrogen-bond acceptors (Lipinski definition) is 3. The molecule has 0 saturated heterocycles. The van der Waals surface area contributed by atoms with Crippen LogP contribution in [0.15, 0.2) is 57.5 Å². The molecule has 2 aliphatic rings. The average Bonchev–Trinajstić information content (AvgIpc) is 2.86. The first-order chi connectivity index (χ1) is 14.4. The molecular weight excluding hydrogens is 407 g/mol. The van der Waals surface area contributed by atoms with Crippen molar-refractivity contribution in [2.75, 3.05) is 12.4 Å². The highest BCUT2D eigenvalue weighted by molar-refractivity contribution is 8.03. The molecule has 0 amide bonds. The van der Waals surface area contributed by atoms with Crippen LogP contribution in [0.25, 0.3) is 0 Å². The maximum atomic E-state index is 13.2. The number of benzene rings is 1. The van der Waals surface area contributed by atoms with E-state index < -0.39 is 11.7 Å². The Bertz CT molecular complexity index is 881. The lowest BCUT2D eigenvalue weighted by Crippen LogP contribution is -2.14. The first-order valence-corrected chi connectivity index (χ1v) is 11.5. The Morgan fingerprint density at radius 3 is 2.77 bits per heavy atom. The lowest BCUT2D eigenvalue weighted by atomic mass is 10.0. The Morgan fingerprint density at radius 1 is 1.17 bits per heavy atom. The normalized spacial score (nSPS) is 17.4. The molecule has 0 bridgehead atoms. The molecule has 0 unspecified atom stereocenters. The van der Waals surface area contributed by atoms with Gasteiger partial charge in [0.05, 0.1) is 17.9 Å². The number of halogens is 3. The molecule has 2 nitrogen and oxygen atoms in total. The van der Waals surface area contributed by atoms with Gasteiger partial charge in [-0.25, -0.2) is 4.99 Å². The van der Waals surface area contributed by atoms with Gasteiger partial charge in [0.15, 0.2) is 0 Å². The maximum Gasteiger partial charge on any atom is 0.416 e. The lowest BCUT2D eigenvalue weighted by Gasteiger charge is -2.19. The van der Waals surface area contributed by atoms with Crippen molar-refractivity contribution < 1.29 is 17.9 Å². The molecule has 0 N–H and O–H groups in total. The second-order valence-electron chi connectivity index (χ2n) is 7.63. The van der Waals surface area contributed by atoms with E-state index in [1.807, 2.05) is 12.2 Å². The molecule has 0 fully saturated rings. The van der Waals surface area contributed by atoms with E-state index in [4.69, 9.17) is 4.74 Å². The van der Waals surface area contributed by atoms with Gasteiger partial charge in [0.1, 0.15) is 0 Å². The van der Waals surface area contributed by atoms with E-state index in [9.17, 15) is 13.2 Å². The molecule has 0 radical (unpaired) electrons. The Kier molecular flexibility index (Phi) is 7.87. The number of alkyl halides is 3. The van der Waals surface area contributed by atoms with Gasteiger partial charge in [0.25, 0.3) is 0 Å². The fraction of sp³-hybridized carbons (Fsp3) is 0.458. The number of unbranched alkanes of at least 4 members (excludes halogenated alkanes) is 2. The molecule has 0 aromatic heterocycles. The highest BCUT2D eigenvalue weighted by atomic mass is 32.2. The Hall–Kier alpha value is -1.95. The van der Waals surface area contributed by atoms with Gasteiger partial charge in [-0.15, -0.1) is 11.8 Å². The minimum Gasteiger partial charge on any atom is -0.477 e. The first kappa shape index (κ1) is 22.7. The van der Waals surface area contributed by atoms with Crippen LogP contribution >= 0.6 is 11.8 Å². The van der Waals surface area contributed by atoms with Crippen LogP contribution in [0.1, 0.15) is 57.1 Å². The molecule has 1 aliphatic carbocycles. The number of nitrogens with zero attached hydrogens (tertiary/aromatic N) is 1. The van der Waals surface area contributed by atoms with Gasteiger partial charge in [-0.05, 0) is 62.1 Å². The second kappa shape index (κ2) is 10.4. The number of hydrogen-bond donors (Lipinski definition) is 0. The number of fused-ring (bicyclic) bond motifs is 1. The van der Waals surface area contributed by atoms with E-state index in [1.165, 1.54) is 12.0 Å². The highest BCUT2D eigenvalue weighted by Crippen LogP contribution is 2.36. The standard InChI is InChI=1S/C24H28F3NOS/c1-3-4-5-15-30-22-13-9-17(2)8-12-20(22)23-28-21-16-19(24(25,26)27)11-10-18(21)7-6-14-29-23/h8,10-13,16H,3-7,9,14-15H2,1-2H3. The Labute approximate surface area is 181 Å². The smallest absolute Gasteiger partial charge is 0.416 e. The van der Waals surface area contributed by atoms with Gasteiger partial charge in [0.2, 0.25) is 5.90 Å². The average molecular weight is 436 g/mol. The van der Waals surface area contributed by atoms with Crippen LogP contribution in [0.3, 0.4) is 0 Å². The molecule has 1 heterocycles. The fourth-order valence-corrected chi connectivity index (χ4v) is 4.43. The van der Waals surface area contributed by atoms with Crippen LogP contribution in [0.5, 0.6) is 0 Å². The van der Waals surface area contributed by atoms with Crippen LogP contribution in [0, 0.1) is 0 Å². The van der Waals surface area contributed by atoms with Gasteiger partial charge in [0, 0.05) is 10.5 Å². The number of allylic oxidation sites excluding steroid dienone is 4. The second-order valence-corrected chi connectivity index (χ2v) is 8.77. The summed E-state index contributed by atoms with van der Waals surface area (Å²) in [5.41, 5.74) is 2.58. The first-order valence-electron chi connectivity index (χ1n) is 10.5. The van der Waals surface area contributed by atoms with Crippen molar-refractivity contribution in [2.24, 2.45) is 4.99 Å². The van der Waals surface area contributed by atoms with Crippen LogP contribution < -0.4 is 0 Å². The van der Waals surface area contributed by atoms with Gasteiger partial charge in [-0.1, -0.05) is 43.6 Å². The van der Waals surface area contributed by atoms with E-state index in [2.05, 4.69) is 24.9 Å². The van der Waals surface area contributed by atoms with Crippen LogP contribution in [-0.4, -0.2) is 18.3 Å². The highest BCUT2D eigenvalue weighted by Gasteiger charge is 2.31. The van der Waals surface area contributed by atoms with E-state index in [0.29, 0.717) is 24.6 Å². The van der Waals surface area contributed by atoms with Gasteiger partial charge < -0.3 is 4.74 Å². The third kappa shape index (κ3) is 6.03. The summed E-state index contributed by atoms with van der Waals surface area (Å²) in [6.45, 7) is 4.74. The number of ether oxygens (including phenoxy) is 1. The zero-order chi connectivity index (χ0) is 21.6. The number of aryl methyl sites for hydroxylation is 1. The molecular formula is C24H28F3NOS. The zero-order valence-corrected chi connectivity index (χ0v) is 18.3. The summed E-state index contributed by atoms with van der Waals surface area (Å²) in [6, 6.07) is 3.83. The summed E-state index contributed by atoms with van der Waals surface area (Å²) in [6.07, 6.45) is 7.53. The monoisotopic (exact) mass is 435 g/mol. The molecule has 1 aliphatic heterocycles. The molecule has 30 heavy (non-hydrogen) atoms. The quantitative estimate of drug-likeness (QED) is 0.426. The third-order valence-electron chi connectivity index (χ3n) is 5.11. The van der Waals surface area contributed by atoms with Crippen molar-refractivity contribution in [3.63, 3.8) is 0 Å². The van der Waals surface area contributed by atoms with Crippen molar-refractivity contribution in [1.29, 1.82) is 0 Å². The van der Waals surface area contributed by atoms with E-state index in [1.54, 1.807) is 17.8 Å². The molecule has 0 atom stereocenters. The van der Waals surface area contributed by atoms with E-state index in [0.717, 1.165) is 59.6 Å². The summed E-state index contributed by atoms with van der Waals surface area (Å²) < 4.78 is 45.7. The summed E-state index contributed by atoms with van der Waals surface area (Å²) in [4.78, 5) is 5.69. The van der Waals surface area contributed by atoms with Gasteiger partial charge >= 0.3 is 6.18 Å². The van der Waals surface area contributed by atoms with Crippen molar-refractivity contribution in [3.8, 4) is 0 Å². The number of rotatable bonds is 6. The Balaban J connectivity index is 1.98. The largest absolute Gasteiger partial charge is 0.477 e. The number of aliphatic imine (C=N–C) groups is 1. The number of thioether (sulfide) groups is 1. The predicted octanol–water partition coefficient (Wildman–Crippen LogP) is 7.78. The third-order valence-corrected chi connectivity index (χ3v) is 6.30.